The van der Waals surface area contributed by atoms with Gasteiger partial charge in [-0.2, -0.15) is 0 Å². The molecule has 29 heavy (non-hydrogen) atoms. The van der Waals surface area contributed by atoms with E-state index in [1.54, 1.807) is 17.9 Å². The molecule has 0 unspecified atom stereocenters. The van der Waals surface area contributed by atoms with Crippen molar-refractivity contribution in [2.75, 3.05) is 26.2 Å². The Hall–Kier alpha value is -2.93. The van der Waals surface area contributed by atoms with Crippen LogP contribution in [0.4, 0.5) is 8.78 Å². The number of nitrogens with one attached hydrogen (secondary N) is 1. The number of carbonyl (C=O) groups is 2. The molecule has 2 heterocycles. The van der Waals surface area contributed by atoms with Gasteiger partial charge in [0.15, 0.2) is 0 Å². The van der Waals surface area contributed by atoms with E-state index in [2.05, 4.69) is 4.98 Å². The average molecular weight is 418 g/mol. The first-order valence-corrected chi connectivity index (χ1v) is 9.54. The molecule has 1 fully saturated rings. The number of carbonyl (C=O) groups excluding carboxylic acids is 2. The van der Waals surface area contributed by atoms with Gasteiger partial charge in [0.05, 0.1) is 5.56 Å². The third-order valence-electron chi connectivity index (χ3n) is 5.15. The molecule has 1 saturated heterocycles. The van der Waals surface area contributed by atoms with Crippen LogP contribution in [0.15, 0.2) is 36.4 Å². The molecule has 2 aromatic carbocycles. The monoisotopic (exact) mass is 417 g/mol. The van der Waals surface area contributed by atoms with E-state index in [4.69, 9.17) is 11.6 Å². The smallest absolute Gasteiger partial charge is 0.270 e. The lowest BCUT2D eigenvalue weighted by molar-refractivity contribution is 0.0530. The fourth-order valence-electron chi connectivity index (χ4n) is 3.60. The van der Waals surface area contributed by atoms with E-state index in [9.17, 15) is 18.4 Å². The van der Waals surface area contributed by atoms with Gasteiger partial charge < -0.3 is 14.8 Å². The summed E-state index contributed by atoms with van der Waals surface area (Å²) < 4.78 is 27.5. The van der Waals surface area contributed by atoms with Crippen molar-refractivity contribution < 1.29 is 18.4 Å². The van der Waals surface area contributed by atoms with Gasteiger partial charge in [-0.05, 0) is 48.9 Å². The second-order valence-electron chi connectivity index (χ2n) is 7.08. The molecule has 4 rings (SSSR count). The van der Waals surface area contributed by atoms with E-state index in [0.717, 1.165) is 17.0 Å². The Labute approximate surface area is 170 Å². The predicted molar refractivity (Wildman–Crippen MR) is 106 cm³/mol. The molecule has 1 N–H and O–H groups in total. The summed E-state index contributed by atoms with van der Waals surface area (Å²) in [6, 6.07) is 8.35. The number of aryl methyl sites for hydroxylation is 1. The maximum Gasteiger partial charge on any atom is 0.270 e. The van der Waals surface area contributed by atoms with Crippen molar-refractivity contribution in [2.45, 2.75) is 6.92 Å². The molecule has 0 bridgehead atoms. The summed E-state index contributed by atoms with van der Waals surface area (Å²) in [7, 11) is 0. The van der Waals surface area contributed by atoms with Gasteiger partial charge in [-0.25, -0.2) is 8.78 Å². The highest BCUT2D eigenvalue weighted by atomic mass is 35.5. The van der Waals surface area contributed by atoms with Gasteiger partial charge in [0.1, 0.15) is 17.3 Å². The van der Waals surface area contributed by atoms with Gasteiger partial charge >= 0.3 is 0 Å². The first kappa shape index (κ1) is 19.4. The quantitative estimate of drug-likeness (QED) is 0.685. The lowest BCUT2D eigenvalue weighted by atomic mass is 10.1. The van der Waals surface area contributed by atoms with E-state index in [1.807, 2.05) is 0 Å². The second kappa shape index (κ2) is 7.48. The van der Waals surface area contributed by atoms with Crippen LogP contribution in [0.2, 0.25) is 5.02 Å². The Morgan fingerprint density at radius 2 is 1.62 bits per heavy atom. The van der Waals surface area contributed by atoms with Gasteiger partial charge in [-0.15, -0.1) is 0 Å². The van der Waals surface area contributed by atoms with E-state index < -0.39 is 11.7 Å². The first-order valence-electron chi connectivity index (χ1n) is 9.16. The molecule has 5 nitrogen and oxygen atoms in total. The van der Waals surface area contributed by atoms with E-state index in [0.29, 0.717) is 24.3 Å². The molecule has 0 saturated carbocycles. The van der Waals surface area contributed by atoms with Gasteiger partial charge in [0, 0.05) is 42.1 Å². The van der Waals surface area contributed by atoms with Gasteiger partial charge in [-0.3, -0.25) is 9.59 Å². The average Bonchev–Trinajstić information content (AvgIpc) is 3.13. The minimum absolute atomic E-state index is 0.0783. The number of piperazine rings is 1. The van der Waals surface area contributed by atoms with Gasteiger partial charge in [0.25, 0.3) is 11.8 Å². The summed E-state index contributed by atoms with van der Waals surface area (Å²) in [4.78, 5) is 31.5. The third-order valence-corrected chi connectivity index (χ3v) is 5.39. The summed E-state index contributed by atoms with van der Waals surface area (Å²) >= 11 is 5.87. The van der Waals surface area contributed by atoms with Crippen LogP contribution in [-0.4, -0.2) is 52.8 Å². The van der Waals surface area contributed by atoms with Crippen LogP contribution in [0.3, 0.4) is 0 Å². The summed E-state index contributed by atoms with van der Waals surface area (Å²) in [6.07, 6.45) is 0. The summed E-state index contributed by atoms with van der Waals surface area (Å²) in [5.74, 6) is -1.66. The Balaban J connectivity index is 1.47. The van der Waals surface area contributed by atoms with Crippen molar-refractivity contribution in [3.05, 3.63) is 69.9 Å². The zero-order valence-corrected chi connectivity index (χ0v) is 16.4. The molecule has 8 heteroatoms. The third kappa shape index (κ3) is 3.70. The summed E-state index contributed by atoms with van der Waals surface area (Å²) in [5, 5.41) is 1.08. The van der Waals surface area contributed by atoms with E-state index in [1.165, 1.54) is 29.2 Å². The standard InChI is InChI=1S/C21H18ClF2N3O2/c1-12-8-14(23)10-18-15(12)11-19(25-18)21(29)27-6-4-26(5-7-27)20(28)16-9-13(22)2-3-17(16)24/h2-3,8-11,25H,4-7H2,1H3. The number of H-pyrrole nitrogens is 1. The molecule has 1 aromatic heterocycles. The molecule has 1 aliphatic heterocycles. The van der Waals surface area contributed by atoms with Crippen LogP contribution < -0.4 is 0 Å². The van der Waals surface area contributed by atoms with E-state index >= 15 is 0 Å². The number of amides is 2. The first-order chi connectivity index (χ1) is 13.8. The summed E-state index contributed by atoms with van der Waals surface area (Å²) in [6.45, 7) is 2.98. The van der Waals surface area contributed by atoms with Crippen LogP contribution in [0.5, 0.6) is 0 Å². The van der Waals surface area contributed by atoms with Crippen LogP contribution >= 0.6 is 11.6 Å². The molecular formula is C21H18ClF2N3O2. The van der Waals surface area contributed by atoms with Crippen LogP contribution in [-0.2, 0) is 0 Å². The molecule has 0 spiro atoms. The van der Waals surface area contributed by atoms with Crippen molar-refractivity contribution in [3.8, 4) is 0 Å². The Morgan fingerprint density at radius 3 is 2.31 bits per heavy atom. The van der Waals surface area contributed by atoms with Gasteiger partial charge in [0.2, 0.25) is 0 Å². The Kier molecular flexibility index (Phi) is 5.00. The Morgan fingerprint density at radius 1 is 0.966 bits per heavy atom. The predicted octanol–water partition coefficient (Wildman–Crippen LogP) is 4.01. The molecular weight excluding hydrogens is 400 g/mol. The fraction of sp³-hybridized carbons (Fsp3) is 0.238. The number of rotatable bonds is 2. The number of hydrogen-bond donors (Lipinski definition) is 1. The lowest BCUT2D eigenvalue weighted by Gasteiger charge is -2.34. The highest BCUT2D eigenvalue weighted by molar-refractivity contribution is 6.31. The van der Waals surface area contributed by atoms with Crippen molar-refractivity contribution in [3.63, 3.8) is 0 Å². The molecule has 2 amide bonds. The number of aromatic nitrogens is 1. The topological polar surface area (TPSA) is 56.4 Å². The normalized spacial score (nSPS) is 14.5. The molecule has 3 aromatic rings. The number of fused-ring (bicyclic) bond motifs is 1. The Bertz CT molecular complexity index is 1120. The maximum absolute atomic E-state index is 14.0. The van der Waals surface area contributed by atoms with Gasteiger partial charge in [-0.1, -0.05) is 11.6 Å². The van der Waals surface area contributed by atoms with Crippen molar-refractivity contribution >= 4 is 34.3 Å². The summed E-state index contributed by atoms with van der Waals surface area (Å²) in [5.41, 5.74) is 1.60. The highest BCUT2D eigenvalue weighted by Crippen LogP contribution is 2.23. The van der Waals surface area contributed by atoms with Crippen LogP contribution in [0, 0.1) is 18.6 Å². The molecule has 0 aliphatic carbocycles. The zero-order chi connectivity index (χ0) is 20.7. The SMILES string of the molecule is Cc1cc(F)cc2[nH]c(C(=O)N3CCN(C(=O)c4cc(Cl)ccc4F)CC3)cc12. The van der Waals surface area contributed by atoms with Crippen molar-refractivity contribution in [1.29, 1.82) is 0 Å². The fourth-order valence-corrected chi connectivity index (χ4v) is 3.78. The second-order valence-corrected chi connectivity index (χ2v) is 7.51. The van der Waals surface area contributed by atoms with E-state index in [-0.39, 0.29) is 35.4 Å². The maximum atomic E-state index is 14.0. The number of benzene rings is 2. The lowest BCUT2D eigenvalue weighted by Crippen LogP contribution is -2.50. The zero-order valence-electron chi connectivity index (χ0n) is 15.6. The van der Waals surface area contributed by atoms with Crippen molar-refractivity contribution in [1.82, 2.24) is 14.8 Å². The molecule has 0 atom stereocenters. The number of nitrogens with zero attached hydrogens (tertiary/aromatic N) is 2. The highest BCUT2D eigenvalue weighted by Gasteiger charge is 2.27. The minimum Gasteiger partial charge on any atom is -0.350 e. The van der Waals surface area contributed by atoms with Crippen LogP contribution in [0.25, 0.3) is 10.9 Å². The number of hydrogen-bond acceptors (Lipinski definition) is 2. The number of aromatic amines is 1. The molecule has 1 aliphatic rings. The van der Waals surface area contributed by atoms with Crippen LogP contribution in [0.1, 0.15) is 26.4 Å². The molecule has 150 valence electrons. The van der Waals surface area contributed by atoms with Crippen molar-refractivity contribution in [2.24, 2.45) is 0 Å². The largest absolute Gasteiger partial charge is 0.350 e. The molecule has 0 radical (unpaired) electrons. The number of halogens is 3. The minimum atomic E-state index is -0.626.